The molecule has 1 aliphatic carbocycles. The number of para-hydroxylation sites is 1. The zero-order valence-electron chi connectivity index (χ0n) is 17.1. The molecule has 154 valence electrons. The van der Waals surface area contributed by atoms with Gasteiger partial charge in [0, 0.05) is 24.2 Å². The minimum Gasteiger partial charge on any atom is -0.452 e. The second-order valence-corrected chi connectivity index (χ2v) is 8.12. The van der Waals surface area contributed by atoms with E-state index in [0.29, 0.717) is 18.7 Å². The number of rotatable bonds is 3. The normalized spacial score (nSPS) is 22.1. The molecule has 0 bridgehead atoms. The smallest absolute Gasteiger partial charge is 0.339 e. The fraction of sp³-hybridized carbons (Fsp3) is 0.522. The fourth-order valence-corrected chi connectivity index (χ4v) is 4.45. The van der Waals surface area contributed by atoms with E-state index < -0.39 is 5.97 Å². The number of aryl methyl sites for hydroxylation is 1. The van der Waals surface area contributed by atoms with Gasteiger partial charge in [-0.05, 0) is 51.2 Å². The van der Waals surface area contributed by atoms with Crippen LogP contribution in [-0.4, -0.2) is 53.7 Å². The second-order valence-electron chi connectivity index (χ2n) is 8.12. The predicted molar refractivity (Wildman–Crippen MR) is 110 cm³/mol. The van der Waals surface area contributed by atoms with E-state index in [1.807, 2.05) is 38.1 Å². The van der Waals surface area contributed by atoms with Gasteiger partial charge in [-0.25, -0.2) is 4.79 Å². The molecule has 0 unspecified atom stereocenters. The number of carbonyl (C=O) groups excluding carboxylic acids is 2. The van der Waals surface area contributed by atoms with Gasteiger partial charge in [0.1, 0.15) is 0 Å². The van der Waals surface area contributed by atoms with Crippen molar-refractivity contribution < 1.29 is 19.1 Å². The lowest BCUT2D eigenvalue weighted by Gasteiger charge is -2.35. The van der Waals surface area contributed by atoms with Gasteiger partial charge in [0.15, 0.2) is 6.61 Å². The molecular weight excluding hydrogens is 368 g/mol. The van der Waals surface area contributed by atoms with Gasteiger partial charge in [-0.2, -0.15) is 0 Å². The van der Waals surface area contributed by atoms with Crippen molar-refractivity contribution in [3.05, 3.63) is 41.1 Å². The molecule has 2 aliphatic rings. The van der Waals surface area contributed by atoms with E-state index in [4.69, 9.17) is 14.5 Å². The first-order chi connectivity index (χ1) is 14.0. The monoisotopic (exact) mass is 396 g/mol. The quantitative estimate of drug-likeness (QED) is 0.588. The molecule has 2 aromatic rings. The van der Waals surface area contributed by atoms with Crippen molar-refractivity contribution in [1.29, 1.82) is 0 Å². The number of pyridine rings is 1. The summed E-state index contributed by atoms with van der Waals surface area (Å²) in [5.41, 5.74) is 3.38. The van der Waals surface area contributed by atoms with Gasteiger partial charge in [-0.1, -0.05) is 24.6 Å². The lowest BCUT2D eigenvalue weighted by atomic mass is 9.97. The van der Waals surface area contributed by atoms with Crippen LogP contribution in [0.3, 0.4) is 0 Å². The molecule has 0 radical (unpaired) electrons. The molecule has 1 saturated heterocycles. The topological polar surface area (TPSA) is 68.7 Å². The van der Waals surface area contributed by atoms with Crippen LogP contribution in [0.1, 0.15) is 54.7 Å². The van der Waals surface area contributed by atoms with Crippen LogP contribution in [0.2, 0.25) is 0 Å². The van der Waals surface area contributed by atoms with Gasteiger partial charge < -0.3 is 14.4 Å². The summed E-state index contributed by atoms with van der Waals surface area (Å²) in [4.78, 5) is 32.3. The van der Waals surface area contributed by atoms with Gasteiger partial charge in [-0.15, -0.1) is 0 Å². The summed E-state index contributed by atoms with van der Waals surface area (Å²) in [7, 11) is 0. The lowest BCUT2D eigenvalue weighted by Crippen LogP contribution is -2.49. The molecule has 29 heavy (non-hydrogen) atoms. The first-order valence-corrected chi connectivity index (χ1v) is 10.5. The number of amides is 1. The molecule has 1 fully saturated rings. The average Bonchev–Trinajstić information content (AvgIpc) is 2.94. The molecule has 0 spiro atoms. The van der Waals surface area contributed by atoms with Gasteiger partial charge in [-0.3, -0.25) is 9.78 Å². The molecule has 4 rings (SSSR count). The van der Waals surface area contributed by atoms with Crippen LogP contribution in [0.25, 0.3) is 10.9 Å². The van der Waals surface area contributed by atoms with E-state index in [0.717, 1.165) is 54.3 Å². The first-order valence-electron chi connectivity index (χ1n) is 10.5. The number of fused-ring (bicyclic) bond motifs is 2. The average molecular weight is 396 g/mol. The van der Waals surface area contributed by atoms with Crippen LogP contribution in [0.4, 0.5) is 0 Å². The van der Waals surface area contributed by atoms with Crippen molar-refractivity contribution in [2.24, 2.45) is 0 Å². The van der Waals surface area contributed by atoms with E-state index in [1.165, 1.54) is 0 Å². The van der Waals surface area contributed by atoms with Crippen molar-refractivity contribution in [3.8, 4) is 0 Å². The third-order valence-corrected chi connectivity index (χ3v) is 5.72. The minimum absolute atomic E-state index is 0.0155. The Morgan fingerprint density at radius 3 is 2.62 bits per heavy atom. The predicted octanol–water partition coefficient (Wildman–Crippen LogP) is 3.30. The summed E-state index contributed by atoms with van der Waals surface area (Å²) in [5, 5.41) is 0.805. The number of benzene rings is 1. The van der Waals surface area contributed by atoms with Gasteiger partial charge >= 0.3 is 5.97 Å². The molecule has 2 atom stereocenters. The highest BCUT2D eigenvalue weighted by Gasteiger charge is 2.28. The van der Waals surface area contributed by atoms with Gasteiger partial charge in [0.2, 0.25) is 0 Å². The number of hydrogen-bond acceptors (Lipinski definition) is 5. The largest absolute Gasteiger partial charge is 0.452 e. The van der Waals surface area contributed by atoms with Crippen molar-refractivity contribution in [1.82, 2.24) is 9.88 Å². The maximum Gasteiger partial charge on any atom is 0.339 e. The van der Waals surface area contributed by atoms with Crippen LogP contribution in [-0.2, 0) is 27.1 Å². The second kappa shape index (κ2) is 8.49. The number of aromatic nitrogens is 1. The highest BCUT2D eigenvalue weighted by molar-refractivity contribution is 6.05. The van der Waals surface area contributed by atoms with Crippen molar-refractivity contribution in [2.45, 2.75) is 58.2 Å². The van der Waals surface area contributed by atoms with Crippen LogP contribution in [0.5, 0.6) is 0 Å². The summed E-state index contributed by atoms with van der Waals surface area (Å²) in [6, 6.07) is 7.68. The van der Waals surface area contributed by atoms with Gasteiger partial charge in [0.25, 0.3) is 5.91 Å². The summed E-state index contributed by atoms with van der Waals surface area (Å²) in [6.07, 6.45) is 4.92. The molecule has 1 aromatic heterocycles. The van der Waals surface area contributed by atoms with Gasteiger partial charge in [0.05, 0.1) is 23.3 Å². The van der Waals surface area contributed by atoms with E-state index >= 15 is 0 Å². The number of ether oxygens (including phenoxy) is 2. The molecule has 1 amide bonds. The lowest BCUT2D eigenvalue weighted by molar-refractivity contribution is -0.146. The molecule has 6 nitrogen and oxygen atoms in total. The molecule has 1 aromatic carbocycles. The van der Waals surface area contributed by atoms with Crippen LogP contribution in [0, 0.1) is 0 Å². The maximum atomic E-state index is 13.1. The Balaban J connectivity index is 1.57. The van der Waals surface area contributed by atoms with Crippen molar-refractivity contribution in [2.75, 3.05) is 19.7 Å². The molecular formula is C23H28N2O4. The van der Waals surface area contributed by atoms with E-state index in [1.54, 1.807) is 4.90 Å². The highest BCUT2D eigenvalue weighted by Crippen LogP contribution is 2.29. The Kier molecular flexibility index (Phi) is 5.81. The Morgan fingerprint density at radius 1 is 1.10 bits per heavy atom. The van der Waals surface area contributed by atoms with Crippen molar-refractivity contribution >= 4 is 22.8 Å². The molecule has 0 saturated carbocycles. The summed E-state index contributed by atoms with van der Waals surface area (Å²) in [5.74, 6) is -0.603. The summed E-state index contributed by atoms with van der Waals surface area (Å²) < 4.78 is 11.2. The van der Waals surface area contributed by atoms with Crippen LogP contribution < -0.4 is 0 Å². The molecule has 0 N–H and O–H groups in total. The fourth-order valence-electron chi connectivity index (χ4n) is 4.45. The molecule has 6 heteroatoms. The standard InChI is InChI=1S/C23H28N2O4/c1-15-12-25(13-16(2)29-15)21(26)14-28-23(27)22-17-8-4-3-5-10-19(17)24-20-11-7-6-9-18(20)22/h6-7,9,11,15-16H,3-5,8,10,12-14H2,1-2H3/t15-,16+. The Labute approximate surface area is 171 Å². The Morgan fingerprint density at radius 2 is 1.83 bits per heavy atom. The summed E-state index contributed by atoms with van der Waals surface area (Å²) >= 11 is 0. The minimum atomic E-state index is -0.426. The number of morpholine rings is 1. The number of esters is 1. The molecule has 2 heterocycles. The van der Waals surface area contributed by atoms with Crippen LogP contribution in [0.15, 0.2) is 24.3 Å². The Hall–Kier alpha value is -2.47. The SMILES string of the molecule is C[C@@H]1CN(C(=O)COC(=O)c2c3c(nc4ccccc24)CCCCC3)C[C@H](C)O1. The summed E-state index contributed by atoms with van der Waals surface area (Å²) in [6.45, 7) is 4.69. The molecule has 1 aliphatic heterocycles. The zero-order chi connectivity index (χ0) is 20.4. The maximum absolute atomic E-state index is 13.1. The number of carbonyl (C=O) groups is 2. The third-order valence-electron chi connectivity index (χ3n) is 5.72. The third kappa shape index (κ3) is 4.27. The first kappa shape index (κ1) is 19.8. The number of nitrogens with zero attached hydrogens (tertiary/aromatic N) is 2. The highest BCUT2D eigenvalue weighted by atomic mass is 16.5. The van der Waals surface area contributed by atoms with E-state index in [-0.39, 0.29) is 24.7 Å². The van der Waals surface area contributed by atoms with E-state index in [2.05, 4.69) is 0 Å². The van der Waals surface area contributed by atoms with Crippen molar-refractivity contribution in [3.63, 3.8) is 0 Å². The van der Waals surface area contributed by atoms with E-state index in [9.17, 15) is 9.59 Å². The number of hydrogen-bond donors (Lipinski definition) is 0. The van der Waals surface area contributed by atoms with Crippen LogP contribution >= 0.6 is 0 Å². The zero-order valence-corrected chi connectivity index (χ0v) is 17.1. The Bertz CT molecular complexity index is 916.